The van der Waals surface area contributed by atoms with Crippen molar-refractivity contribution >= 4 is 23.3 Å². The number of carbonyl (C=O) groups is 2. The number of amides is 1. The molecule has 1 amide bonds. The van der Waals surface area contributed by atoms with E-state index in [1.54, 1.807) is 40.7 Å². The minimum atomic E-state index is -0.647. The van der Waals surface area contributed by atoms with Gasteiger partial charge in [-0.25, -0.2) is 4.79 Å². The second-order valence-electron chi connectivity index (χ2n) is 8.88. The number of phenolic OH excluding ortho intramolecular Hbond substituents is 1. The minimum absolute atomic E-state index is 0.0124. The fourth-order valence-corrected chi connectivity index (χ4v) is 2.76. The second kappa shape index (κ2) is 9.80. The fourth-order valence-electron chi connectivity index (χ4n) is 2.76. The lowest BCUT2D eigenvalue weighted by atomic mass is 10.1. The van der Waals surface area contributed by atoms with Crippen LogP contribution in [0.25, 0.3) is 0 Å². The van der Waals surface area contributed by atoms with Crippen molar-refractivity contribution in [3.8, 4) is 17.2 Å². The molecule has 0 radical (unpaired) electrons. The topological polar surface area (TPSA) is 120 Å². The number of rotatable bonds is 7. The first-order valence-corrected chi connectivity index (χ1v) is 10.4. The third-order valence-corrected chi connectivity index (χ3v) is 3.99. The summed E-state index contributed by atoms with van der Waals surface area (Å²) in [5, 5.41) is 13.3. The molecule has 0 saturated heterocycles. The molecule has 2 aromatic carbocycles. The molecule has 174 valence electrons. The van der Waals surface area contributed by atoms with E-state index in [4.69, 9.17) is 19.9 Å². The molecule has 8 heteroatoms. The highest BCUT2D eigenvalue weighted by molar-refractivity contribution is 6.08. The highest BCUT2D eigenvalue weighted by atomic mass is 16.6. The molecular weight excluding hydrogens is 412 g/mol. The highest BCUT2D eigenvalue weighted by Gasteiger charge is 2.22. The van der Waals surface area contributed by atoms with E-state index in [9.17, 15) is 14.7 Å². The third-order valence-electron chi connectivity index (χ3n) is 3.99. The van der Waals surface area contributed by atoms with E-state index in [2.05, 4.69) is 5.32 Å². The second-order valence-corrected chi connectivity index (χ2v) is 8.88. The molecule has 0 unspecified atom stereocenters. The Morgan fingerprint density at radius 1 is 1.00 bits per heavy atom. The molecule has 0 saturated carbocycles. The number of anilines is 2. The number of nitrogens with two attached hydrogens (primary N) is 1. The number of aromatic hydroxyl groups is 1. The van der Waals surface area contributed by atoms with E-state index in [0.29, 0.717) is 11.4 Å². The van der Waals surface area contributed by atoms with Crippen LogP contribution < -0.4 is 20.5 Å². The average molecular weight is 445 g/mol. The lowest BCUT2D eigenvalue weighted by molar-refractivity contribution is 0.00688. The van der Waals surface area contributed by atoms with Crippen LogP contribution in [0.2, 0.25) is 0 Å². The Balaban J connectivity index is 2.37. The van der Waals surface area contributed by atoms with Gasteiger partial charge in [0, 0.05) is 0 Å². The van der Waals surface area contributed by atoms with E-state index < -0.39 is 17.5 Å². The van der Waals surface area contributed by atoms with Crippen molar-refractivity contribution in [3.63, 3.8) is 0 Å². The van der Waals surface area contributed by atoms with E-state index in [0.717, 1.165) is 0 Å². The number of esters is 1. The van der Waals surface area contributed by atoms with Gasteiger partial charge in [0.05, 0.1) is 34.7 Å². The lowest BCUT2D eigenvalue weighted by Crippen LogP contribution is -2.24. The zero-order valence-corrected chi connectivity index (χ0v) is 19.6. The van der Waals surface area contributed by atoms with E-state index >= 15 is 0 Å². The normalized spacial score (nSPS) is 11.4. The first kappa shape index (κ1) is 24.8. The summed E-state index contributed by atoms with van der Waals surface area (Å²) in [6, 6.07) is 7.50. The van der Waals surface area contributed by atoms with Crippen LogP contribution in [-0.4, -0.2) is 34.8 Å². The number of phenols is 1. The monoisotopic (exact) mass is 444 g/mol. The Morgan fingerprint density at radius 2 is 1.62 bits per heavy atom. The fraction of sp³-hybridized carbons (Fsp3) is 0.417. The summed E-state index contributed by atoms with van der Waals surface area (Å²) in [7, 11) is 0. The molecule has 0 bridgehead atoms. The van der Waals surface area contributed by atoms with Crippen molar-refractivity contribution in [3.05, 3.63) is 41.5 Å². The van der Waals surface area contributed by atoms with E-state index in [-0.39, 0.29) is 40.5 Å². The smallest absolute Gasteiger partial charge is 0.338 e. The first-order valence-electron chi connectivity index (χ1n) is 10.4. The molecule has 0 spiro atoms. The zero-order valence-electron chi connectivity index (χ0n) is 19.6. The molecule has 2 aromatic rings. The quantitative estimate of drug-likeness (QED) is 0.416. The maximum atomic E-state index is 12.9. The van der Waals surface area contributed by atoms with Gasteiger partial charge < -0.3 is 30.4 Å². The first-order chi connectivity index (χ1) is 14.8. The molecule has 2 rings (SSSR count). The summed E-state index contributed by atoms with van der Waals surface area (Å²) in [4.78, 5) is 25.3. The van der Waals surface area contributed by atoms with Gasteiger partial charge in [0.2, 0.25) is 0 Å². The van der Waals surface area contributed by atoms with Crippen LogP contribution >= 0.6 is 0 Å². The molecule has 0 heterocycles. The van der Waals surface area contributed by atoms with Crippen molar-refractivity contribution in [2.24, 2.45) is 0 Å². The maximum absolute atomic E-state index is 12.9. The van der Waals surface area contributed by atoms with Gasteiger partial charge in [0.25, 0.3) is 5.91 Å². The highest BCUT2D eigenvalue weighted by Crippen LogP contribution is 2.37. The third kappa shape index (κ3) is 6.54. The standard InChI is InChI=1S/C24H32N2O6/c1-13(2)30-19-12-15(23(29)32-24(5,6)7)8-11-18(19)26-22(28)16-9-10-17(25)21(20(16)27)31-14(3)4/h8-14,27H,25H2,1-7H3,(H,26,28). The SMILES string of the molecule is CC(C)Oc1cc(C(=O)OC(C)(C)C)ccc1NC(=O)c1ccc(N)c(OC(C)C)c1O. The lowest BCUT2D eigenvalue weighted by Gasteiger charge is -2.21. The maximum Gasteiger partial charge on any atom is 0.338 e. The molecule has 32 heavy (non-hydrogen) atoms. The van der Waals surface area contributed by atoms with Crippen LogP contribution in [0.4, 0.5) is 11.4 Å². The largest absolute Gasteiger partial charge is 0.504 e. The molecule has 0 aliphatic carbocycles. The van der Waals surface area contributed by atoms with Crippen LogP contribution in [0, 0.1) is 0 Å². The van der Waals surface area contributed by atoms with Crippen molar-refractivity contribution < 1.29 is 28.9 Å². The van der Waals surface area contributed by atoms with Crippen molar-refractivity contribution in [2.75, 3.05) is 11.1 Å². The summed E-state index contributed by atoms with van der Waals surface area (Å²) in [6.45, 7) is 12.6. The van der Waals surface area contributed by atoms with Gasteiger partial charge in [0.1, 0.15) is 11.4 Å². The Morgan fingerprint density at radius 3 is 2.19 bits per heavy atom. The molecular formula is C24H32N2O6. The Labute approximate surface area is 188 Å². The van der Waals surface area contributed by atoms with E-state index in [1.165, 1.54) is 24.3 Å². The predicted octanol–water partition coefficient (Wildman–Crippen LogP) is 4.76. The van der Waals surface area contributed by atoms with Gasteiger partial charge in [0.15, 0.2) is 11.5 Å². The molecule has 0 aliphatic rings. The van der Waals surface area contributed by atoms with E-state index in [1.807, 2.05) is 13.8 Å². The molecule has 0 aliphatic heterocycles. The van der Waals surface area contributed by atoms with Crippen molar-refractivity contribution in [1.29, 1.82) is 0 Å². The molecule has 8 nitrogen and oxygen atoms in total. The van der Waals surface area contributed by atoms with Gasteiger partial charge >= 0.3 is 5.97 Å². The van der Waals surface area contributed by atoms with Crippen LogP contribution in [0.15, 0.2) is 30.3 Å². The summed E-state index contributed by atoms with van der Waals surface area (Å²) < 4.78 is 16.7. The van der Waals surface area contributed by atoms with Crippen LogP contribution in [0.5, 0.6) is 17.2 Å². The van der Waals surface area contributed by atoms with Gasteiger partial charge in [-0.3, -0.25) is 4.79 Å². The summed E-state index contributed by atoms with van der Waals surface area (Å²) in [5.41, 5.74) is 6.06. The van der Waals surface area contributed by atoms with Crippen molar-refractivity contribution in [2.45, 2.75) is 66.3 Å². The number of carbonyl (C=O) groups excluding carboxylic acids is 2. The average Bonchev–Trinajstić information content (AvgIpc) is 2.64. The van der Waals surface area contributed by atoms with Gasteiger partial charge in [-0.1, -0.05) is 0 Å². The molecule has 0 fully saturated rings. The Kier molecular flexibility index (Phi) is 7.61. The Hall–Kier alpha value is -3.42. The van der Waals surface area contributed by atoms with Gasteiger partial charge in [-0.15, -0.1) is 0 Å². The number of hydrogen-bond donors (Lipinski definition) is 3. The van der Waals surface area contributed by atoms with Crippen LogP contribution in [-0.2, 0) is 4.74 Å². The number of benzene rings is 2. The summed E-state index contributed by atoms with van der Waals surface area (Å²) in [5.74, 6) is -1.10. The van der Waals surface area contributed by atoms with Gasteiger partial charge in [-0.2, -0.15) is 0 Å². The van der Waals surface area contributed by atoms with Crippen molar-refractivity contribution in [1.82, 2.24) is 0 Å². The van der Waals surface area contributed by atoms with Crippen LogP contribution in [0.3, 0.4) is 0 Å². The predicted molar refractivity (Wildman–Crippen MR) is 124 cm³/mol. The zero-order chi connectivity index (χ0) is 24.2. The van der Waals surface area contributed by atoms with Crippen LogP contribution in [0.1, 0.15) is 69.2 Å². The molecule has 0 aromatic heterocycles. The molecule has 4 N–H and O–H groups in total. The number of hydrogen-bond acceptors (Lipinski definition) is 7. The number of nitrogens with one attached hydrogen (secondary N) is 1. The summed E-state index contributed by atoms with van der Waals surface area (Å²) in [6.07, 6.45) is -0.455. The summed E-state index contributed by atoms with van der Waals surface area (Å²) >= 11 is 0. The number of nitrogen functional groups attached to an aromatic ring is 1. The van der Waals surface area contributed by atoms with Gasteiger partial charge in [-0.05, 0) is 78.8 Å². The molecule has 0 atom stereocenters. The Bertz CT molecular complexity index is 993. The number of ether oxygens (including phenoxy) is 3. The minimum Gasteiger partial charge on any atom is -0.504 e.